The molecule has 2 heterocycles. The van der Waals surface area contributed by atoms with Crippen molar-refractivity contribution in [2.45, 2.75) is 0 Å². The van der Waals surface area contributed by atoms with Crippen molar-refractivity contribution in [2.75, 3.05) is 7.05 Å². The molecule has 0 unspecified atom stereocenters. The van der Waals surface area contributed by atoms with Gasteiger partial charge in [-0.2, -0.15) is 0 Å². The average molecular weight is 283 g/mol. The highest BCUT2D eigenvalue weighted by molar-refractivity contribution is 7.17. The molecule has 0 aliphatic heterocycles. The van der Waals surface area contributed by atoms with Gasteiger partial charge in [-0.05, 0) is 18.2 Å². The number of thiazole rings is 1. The van der Waals surface area contributed by atoms with Gasteiger partial charge in [0.25, 0.3) is 0 Å². The number of aliphatic imine (C=N–C) groups is 1. The summed E-state index contributed by atoms with van der Waals surface area (Å²) in [6.07, 6.45) is 9.92. The van der Waals surface area contributed by atoms with Crippen molar-refractivity contribution in [3.8, 4) is 10.6 Å². The first kappa shape index (κ1) is 14.0. The highest BCUT2D eigenvalue weighted by Gasteiger charge is 2.15. The van der Waals surface area contributed by atoms with Gasteiger partial charge in [0, 0.05) is 31.2 Å². The van der Waals surface area contributed by atoms with Crippen LogP contribution < -0.4 is 0 Å². The fourth-order valence-corrected chi connectivity index (χ4v) is 2.39. The molecule has 20 heavy (non-hydrogen) atoms. The molecule has 0 spiro atoms. The van der Waals surface area contributed by atoms with E-state index in [0.29, 0.717) is 10.6 Å². The number of hydrogen-bond acceptors (Lipinski definition) is 5. The quantitative estimate of drug-likeness (QED) is 0.481. The number of carbonyl (C=O) groups excluding carboxylic acids is 1. The summed E-state index contributed by atoms with van der Waals surface area (Å²) < 4.78 is 0. The zero-order valence-corrected chi connectivity index (χ0v) is 11.8. The minimum absolute atomic E-state index is 0.141. The molecular weight excluding hydrogens is 270 g/mol. The lowest BCUT2D eigenvalue weighted by Gasteiger charge is -1.95. The third kappa shape index (κ3) is 3.13. The van der Waals surface area contributed by atoms with E-state index in [1.54, 1.807) is 43.9 Å². The second-order valence-electron chi connectivity index (χ2n) is 3.80. The summed E-state index contributed by atoms with van der Waals surface area (Å²) in [7, 11) is 1.59. The number of aromatic nitrogens is 2. The minimum atomic E-state index is -0.141. The Morgan fingerprint density at radius 3 is 2.95 bits per heavy atom. The van der Waals surface area contributed by atoms with Gasteiger partial charge >= 0.3 is 0 Å². The smallest absolute Gasteiger partial charge is 0.222 e. The van der Waals surface area contributed by atoms with Crippen molar-refractivity contribution in [1.82, 2.24) is 9.97 Å². The number of allylic oxidation sites excluding steroid dienone is 3. The van der Waals surface area contributed by atoms with Gasteiger partial charge in [-0.15, -0.1) is 11.3 Å². The number of Topliss-reactive ketones (excluding diaryl/α,β-unsaturated/α-hetero) is 1. The van der Waals surface area contributed by atoms with Gasteiger partial charge < -0.3 is 0 Å². The van der Waals surface area contributed by atoms with E-state index in [2.05, 4.69) is 21.5 Å². The Morgan fingerprint density at radius 1 is 1.45 bits per heavy atom. The summed E-state index contributed by atoms with van der Waals surface area (Å²) in [5.74, 6) is -0.141. The molecule has 0 saturated heterocycles. The number of ketones is 1. The Bertz CT molecular complexity index is 671. The zero-order valence-electron chi connectivity index (χ0n) is 11.0. The van der Waals surface area contributed by atoms with Crippen LogP contribution in [0.25, 0.3) is 10.6 Å². The topological polar surface area (TPSA) is 55.2 Å². The van der Waals surface area contributed by atoms with Crippen LogP contribution in [0.4, 0.5) is 0 Å². The molecule has 0 aliphatic rings. The molecule has 0 aliphatic carbocycles. The average Bonchev–Trinajstić information content (AvgIpc) is 2.98. The lowest BCUT2D eigenvalue weighted by Crippen LogP contribution is -2.10. The Labute approximate surface area is 121 Å². The fourth-order valence-electron chi connectivity index (χ4n) is 1.54. The highest BCUT2D eigenvalue weighted by Crippen LogP contribution is 2.24. The second kappa shape index (κ2) is 6.68. The largest absolute Gasteiger partial charge is 0.286 e. The number of nitrogens with zero attached hydrogens (tertiary/aromatic N) is 3. The molecule has 2 aromatic heterocycles. The molecule has 0 radical (unpaired) electrons. The lowest BCUT2D eigenvalue weighted by atomic mass is 10.2. The van der Waals surface area contributed by atoms with E-state index < -0.39 is 0 Å². The van der Waals surface area contributed by atoms with Crippen molar-refractivity contribution in [3.05, 3.63) is 60.4 Å². The van der Waals surface area contributed by atoms with Gasteiger partial charge in [0.15, 0.2) is 0 Å². The monoisotopic (exact) mass is 283 g/mol. The van der Waals surface area contributed by atoms with E-state index in [-0.39, 0.29) is 5.78 Å². The van der Waals surface area contributed by atoms with Crippen molar-refractivity contribution < 1.29 is 4.79 Å². The van der Waals surface area contributed by atoms with E-state index in [0.717, 1.165) is 10.6 Å². The number of rotatable bonds is 5. The van der Waals surface area contributed by atoms with Crippen molar-refractivity contribution in [3.63, 3.8) is 0 Å². The first-order valence-corrected chi connectivity index (χ1v) is 6.74. The first-order chi connectivity index (χ1) is 9.76. The highest BCUT2D eigenvalue weighted by atomic mass is 32.1. The van der Waals surface area contributed by atoms with Crippen molar-refractivity contribution >= 4 is 22.8 Å². The van der Waals surface area contributed by atoms with Gasteiger partial charge in [0.1, 0.15) is 10.7 Å². The summed E-state index contributed by atoms with van der Waals surface area (Å²) in [6, 6.07) is 3.75. The normalized spacial score (nSPS) is 11.8. The van der Waals surface area contributed by atoms with Crippen LogP contribution in [-0.4, -0.2) is 28.5 Å². The first-order valence-electron chi connectivity index (χ1n) is 5.93. The van der Waals surface area contributed by atoms with Crippen LogP contribution in [0.3, 0.4) is 0 Å². The predicted octanol–water partition coefficient (Wildman–Crippen LogP) is 3.20. The third-order valence-corrected chi connectivity index (χ3v) is 3.55. The molecule has 0 atom stereocenters. The van der Waals surface area contributed by atoms with E-state index in [9.17, 15) is 4.79 Å². The minimum Gasteiger partial charge on any atom is -0.286 e. The lowest BCUT2D eigenvalue weighted by molar-refractivity contribution is 0.107. The van der Waals surface area contributed by atoms with Gasteiger partial charge in [-0.25, -0.2) is 4.98 Å². The van der Waals surface area contributed by atoms with Gasteiger partial charge in [0.2, 0.25) is 5.78 Å². The van der Waals surface area contributed by atoms with Crippen LogP contribution in [0.15, 0.2) is 60.5 Å². The maximum Gasteiger partial charge on any atom is 0.222 e. The molecule has 4 nitrogen and oxygen atoms in total. The Morgan fingerprint density at radius 2 is 2.30 bits per heavy atom. The van der Waals surface area contributed by atoms with Gasteiger partial charge in [-0.3, -0.25) is 14.8 Å². The molecule has 100 valence electrons. The summed E-state index contributed by atoms with van der Waals surface area (Å²) >= 11 is 1.33. The van der Waals surface area contributed by atoms with Crippen LogP contribution in [0.5, 0.6) is 0 Å². The van der Waals surface area contributed by atoms with Gasteiger partial charge in [-0.1, -0.05) is 18.7 Å². The zero-order chi connectivity index (χ0) is 14.4. The molecule has 0 fully saturated rings. The second-order valence-corrected chi connectivity index (χ2v) is 4.83. The number of pyridine rings is 1. The van der Waals surface area contributed by atoms with E-state index in [4.69, 9.17) is 0 Å². The summed E-state index contributed by atoms with van der Waals surface area (Å²) in [6.45, 7) is 3.57. The Kier molecular flexibility index (Phi) is 4.68. The molecule has 0 N–H and O–H groups in total. The predicted molar refractivity (Wildman–Crippen MR) is 82.4 cm³/mol. The third-order valence-electron chi connectivity index (χ3n) is 2.50. The molecule has 0 amide bonds. The number of hydrogen-bond donors (Lipinski definition) is 0. The van der Waals surface area contributed by atoms with Crippen LogP contribution >= 0.6 is 11.3 Å². The maximum absolute atomic E-state index is 12.3. The van der Waals surface area contributed by atoms with Crippen LogP contribution in [-0.2, 0) is 0 Å². The Balaban J connectivity index is 2.27. The molecular formula is C15H13N3OS. The Hall–Kier alpha value is -2.40. The molecule has 0 aromatic carbocycles. The van der Waals surface area contributed by atoms with Crippen LogP contribution in [0.2, 0.25) is 0 Å². The van der Waals surface area contributed by atoms with Crippen molar-refractivity contribution in [1.29, 1.82) is 0 Å². The molecule has 0 bridgehead atoms. The molecule has 2 rings (SSSR count). The van der Waals surface area contributed by atoms with E-state index >= 15 is 0 Å². The summed E-state index contributed by atoms with van der Waals surface area (Å²) in [4.78, 5) is 25.1. The van der Waals surface area contributed by atoms with Gasteiger partial charge in [0.05, 0.1) is 4.88 Å². The maximum atomic E-state index is 12.3. The molecule has 2 aromatic rings. The number of carbonyl (C=O) groups is 1. The summed E-state index contributed by atoms with van der Waals surface area (Å²) in [5, 5.41) is 0.768. The van der Waals surface area contributed by atoms with Crippen molar-refractivity contribution in [2.24, 2.45) is 4.99 Å². The summed E-state index contributed by atoms with van der Waals surface area (Å²) in [5.41, 5.74) is 1.28. The van der Waals surface area contributed by atoms with E-state index in [1.807, 2.05) is 12.1 Å². The molecule has 0 saturated carbocycles. The fraction of sp³-hybridized carbons (Fsp3) is 0.0667. The van der Waals surface area contributed by atoms with Crippen LogP contribution in [0, 0.1) is 0 Å². The van der Waals surface area contributed by atoms with Crippen LogP contribution in [0.1, 0.15) is 9.67 Å². The molecule has 5 heteroatoms. The standard InChI is InChI=1S/C15H13N3OS/c1-3-4-7-12(16-2)14(19)13-10-18-15(20-13)11-6-5-8-17-9-11/h3-10H,1H2,2H3/b7-4-,16-12?. The van der Waals surface area contributed by atoms with E-state index in [1.165, 1.54) is 11.3 Å². The SMILES string of the molecule is C=C/C=C\C(=NC)C(=O)c1cnc(-c2cccnc2)s1.